The van der Waals surface area contributed by atoms with Crippen LogP contribution in [-0.2, 0) is 0 Å². The molecule has 0 aliphatic carbocycles. The molecular formula is C46H27N3. The summed E-state index contributed by atoms with van der Waals surface area (Å²) in [5.41, 5.74) is 9.78. The van der Waals surface area contributed by atoms with Crippen molar-refractivity contribution >= 4 is 43.4 Å². The van der Waals surface area contributed by atoms with E-state index in [9.17, 15) is 10.5 Å². The summed E-state index contributed by atoms with van der Waals surface area (Å²) in [5, 5.41) is 28.1. The normalized spacial score (nSPS) is 11.2. The molecule has 0 N–H and O–H groups in total. The van der Waals surface area contributed by atoms with Crippen LogP contribution in [0.4, 0.5) is 0 Å². The van der Waals surface area contributed by atoms with Crippen molar-refractivity contribution in [2.75, 3.05) is 0 Å². The summed E-state index contributed by atoms with van der Waals surface area (Å²) < 4.78 is 2.26. The predicted octanol–water partition coefficient (Wildman–Crippen LogP) is 11.8. The van der Waals surface area contributed by atoms with E-state index in [1.165, 1.54) is 16.3 Å². The van der Waals surface area contributed by atoms with Gasteiger partial charge in [0.15, 0.2) is 0 Å². The first-order chi connectivity index (χ1) is 24.2. The minimum atomic E-state index is 0.466. The van der Waals surface area contributed by atoms with E-state index in [-0.39, 0.29) is 0 Å². The Bertz CT molecular complexity index is 2700. The Hall–Kier alpha value is -6.94. The number of benzene rings is 8. The Kier molecular flexibility index (Phi) is 6.58. The van der Waals surface area contributed by atoms with Crippen LogP contribution in [0.2, 0.25) is 0 Å². The summed E-state index contributed by atoms with van der Waals surface area (Å²) in [6.07, 6.45) is 0. The Morgan fingerprint density at radius 3 is 1.29 bits per heavy atom. The van der Waals surface area contributed by atoms with Gasteiger partial charge in [-0.1, -0.05) is 127 Å². The van der Waals surface area contributed by atoms with E-state index in [0.29, 0.717) is 16.7 Å². The zero-order valence-corrected chi connectivity index (χ0v) is 26.4. The number of nitriles is 2. The van der Waals surface area contributed by atoms with Crippen molar-refractivity contribution in [3.63, 3.8) is 0 Å². The number of fused-ring (bicyclic) bond motifs is 5. The van der Waals surface area contributed by atoms with Crippen LogP contribution in [0.1, 0.15) is 11.1 Å². The highest BCUT2D eigenvalue weighted by Gasteiger charge is 2.21. The Labute approximate surface area is 283 Å². The second kappa shape index (κ2) is 11.4. The van der Waals surface area contributed by atoms with E-state index in [2.05, 4.69) is 150 Å². The van der Waals surface area contributed by atoms with E-state index < -0.39 is 0 Å². The molecule has 0 spiro atoms. The Morgan fingerprint density at radius 1 is 0.347 bits per heavy atom. The summed E-state index contributed by atoms with van der Waals surface area (Å²) in [6, 6.07) is 61.2. The molecule has 49 heavy (non-hydrogen) atoms. The first-order valence-corrected chi connectivity index (χ1v) is 16.3. The van der Waals surface area contributed by atoms with Gasteiger partial charge in [-0.25, -0.2) is 0 Å². The van der Waals surface area contributed by atoms with Crippen LogP contribution in [0.3, 0.4) is 0 Å². The molecule has 0 saturated carbocycles. The van der Waals surface area contributed by atoms with E-state index >= 15 is 0 Å². The maximum atomic E-state index is 10.7. The molecule has 9 aromatic rings. The fraction of sp³-hybridized carbons (Fsp3) is 0. The highest BCUT2D eigenvalue weighted by Crippen LogP contribution is 2.45. The fourth-order valence-electron chi connectivity index (χ4n) is 7.63. The highest BCUT2D eigenvalue weighted by atomic mass is 15.0. The monoisotopic (exact) mass is 621 g/mol. The molecular weight excluding hydrogens is 595 g/mol. The summed E-state index contributed by atoms with van der Waals surface area (Å²) >= 11 is 0. The van der Waals surface area contributed by atoms with Gasteiger partial charge in [0.05, 0.1) is 34.3 Å². The molecule has 0 saturated heterocycles. The third-order valence-electron chi connectivity index (χ3n) is 9.63. The fourth-order valence-corrected chi connectivity index (χ4v) is 7.63. The first kappa shape index (κ1) is 28.3. The second-order valence-electron chi connectivity index (χ2n) is 12.3. The quantitative estimate of drug-likeness (QED) is 0.184. The molecule has 0 amide bonds. The van der Waals surface area contributed by atoms with Gasteiger partial charge in [-0.15, -0.1) is 0 Å². The average Bonchev–Trinajstić information content (AvgIpc) is 3.51. The number of hydrogen-bond donors (Lipinski definition) is 0. The SMILES string of the molecule is N#Cc1cc(-c2c3ccccc3c(-c3ccccc3)c3ccccc23)cc(C#N)c1-c1cccc(-n2c3ccccc3c3ccccc32)c1. The van der Waals surface area contributed by atoms with Crippen LogP contribution < -0.4 is 0 Å². The van der Waals surface area contributed by atoms with Gasteiger partial charge in [0.2, 0.25) is 0 Å². The maximum absolute atomic E-state index is 10.7. The zero-order valence-electron chi connectivity index (χ0n) is 26.4. The lowest BCUT2D eigenvalue weighted by Gasteiger charge is -2.19. The third kappa shape index (κ3) is 4.42. The van der Waals surface area contributed by atoms with Gasteiger partial charge in [0.25, 0.3) is 0 Å². The van der Waals surface area contributed by atoms with Crippen molar-refractivity contribution < 1.29 is 0 Å². The van der Waals surface area contributed by atoms with Crippen LogP contribution >= 0.6 is 0 Å². The predicted molar refractivity (Wildman–Crippen MR) is 202 cm³/mol. The smallest absolute Gasteiger partial charge is 0.0998 e. The number of hydrogen-bond acceptors (Lipinski definition) is 2. The highest BCUT2D eigenvalue weighted by molar-refractivity contribution is 6.21. The van der Waals surface area contributed by atoms with Gasteiger partial charge in [0, 0.05) is 22.0 Å². The standard InChI is InChI=1S/C46H27N3/c47-28-33-25-32(46-40-21-6-4-19-38(40)45(30-13-2-1-3-14-30)39-20-5-7-22-41(39)46)26-34(29-48)44(33)31-15-12-16-35(27-31)49-42-23-10-8-17-36(42)37-18-9-11-24-43(37)49/h1-27H. The van der Waals surface area contributed by atoms with Gasteiger partial charge < -0.3 is 4.57 Å². The molecule has 1 heterocycles. The van der Waals surface area contributed by atoms with Crippen molar-refractivity contribution in [2.24, 2.45) is 0 Å². The van der Waals surface area contributed by atoms with Crippen molar-refractivity contribution in [1.82, 2.24) is 4.57 Å². The Balaban J connectivity index is 1.28. The van der Waals surface area contributed by atoms with E-state index in [1.54, 1.807) is 0 Å². The van der Waals surface area contributed by atoms with Gasteiger partial charge in [0.1, 0.15) is 0 Å². The van der Waals surface area contributed by atoms with Crippen molar-refractivity contribution in [3.05, 3.63) is 175 Å². The molecule has 0 unspecified atom stereocenters. The van der Waals surface area contributed by atoms with Crippen LogP contribution in [-0.4, -0.2) is 4.57 Å². The number of aromatic nitrogens is 1. The van der Waals surface area contributed by atoms with Crippen LogP contribution in [0.25, 0.3) is 82.4 Å². The van der Waals surface area contributed by atoms with Gasteiger partial charge >= 0.3 is 0 Å². The van der Waals surface area contributed by atoms with Gasteiger partial charge in [-0.05, 0) is 85.8 Å². The molecule has 0 aliphatic rings. The van der Waals surface area contributed by atoms with Crippen molar-refractivity contribution in [2.45, 2.75) is 0 Å². The lowest BCUT2D eigenvalue weighted by molar-refractivity contribution is 1.18. The molecule has 9 rings (SSSR count). The van der Waals surface area contributed by atoms with E-state index in [4.69, 9.17) is 0 Å². The molecule has 8 aromatic carbocycles. The first-order valence-electron chi connectivity index (χ1n) is 16.3. The van der Waals surface area contributed by atoms with E-state index in [0.717, 1.165) is 60.5 Å². The van der Waals surface area contributed by atoms with Gasteiger partial charge in [-0.3, -0.25) is 0 Å². The molecule has 0 bridgehead atoms. The molecule has 0 atom stereocenters. The number of para-hydroxylation sites is 2. The molecule has 226 valence electrons. The lowest BCUT2D eigenvalue weighted by Crippen LogP contribution is -1.97. The molecule has 0 radical (unpaired) electrons. The molecule has 3 heteroatoms. The van der Waals surface area contributed by atoms with Crippen LogP contribution in [0.5, 0.6) is 0 Å². The number of rotatable bonds is 4. The third-order valence-corrected chi connectivity index (χ3v) is 9.63. The molecule has 0 fully saturated rings. The molecule has 3 nitrogen and oxygen atoms in total. The minimum absolute atomic E-state index is 0.466. The van der Waals surface area contributed by atoms with Crippen LogP contribution in [0.15, 0.2) is 164 Å². The van der Waals surface area contributed by atoms with Crippen molar-refractivity contribution in [3.8, 4) is 51.2 Å². The maximum Gasteiger partial charge on any atom is 0.0998 e. The largest absolute Gasteiger partial charge is 0.309 e. The average molecular weight is 622 g/mol. The van der Waals surface area contributed by atoms with Crippen LogP contribution in [0, 0.1) is 22.7 Å². The zero-order chi connectivity index (χ0) is 32.9. The lowest BCUT2D eigenvalue weighted by atomic mass is 9.84. The Morgan fingerprint density at radius 2 is 0.776 bits per heavy atom. The summed E-state index contributed by atoms with van der Waals surface area (Å²) in [7, 11) is 0. The molecule has 0 aliphatic heterocycles. The topological polar surface area (TPSA) is 52.5 Å². The van der Waals surface area contributed by atoms with E-state index in [1.807, 2.05) is 30.3 Å². The summed E-state index contributed by atoms with van der Waals surface area (Å²) in [5.74, 6) is 0. The minimum Gasteiger partial charge on any atom is -0.309 e. The van der Waals surface area contributed by atoms with Crippen molar-refractivity contribution in [1.29, 1.82) is 10.5 Å². The second-order valence-corrected chi connectivity index (χ2v) is 12.3. The molecule has 1 aromatic heterocycles. The van der Waals surface area contributed by atoms with Gasteiger partial charge in [-0.2, -0.15) is 10.5 Å². The summed E-state index contributed by atoms with van der Waals surface area (Å²) in [6.45, 7) is 0. The summed E-state index contributed by atoms with van der Waals surface area (Å²) in [4.78, 5) is 0. The number of nitrogens with zero attached hydrogens (tertiary/aromatic N) is 3.